The number of hydrogen-bond acceptors (Lipinski definition) is 2. The van der Waals surface area contributed by atoms with E-state index in [0.717, 1.165) is 11.6 Å². The van der Waals surface area contributed by atoms with E-state index >= 15 is 0 Å². The highest BCUT2D eigenvalue weighted by Gasteiger charge is 2.09. The predicted molar refractivity (Wildman–Crippen MR) is 70.6 cm³/mol. The number of hydrogen-bond donors (Lipinski definition) is 1. The van der Waals surface area contributed by atoms with Crippen LogP contribution in [0.25, 0.3) is 0 Å². The van der Waals surface area contributed by atoms with Crippen molar-refractivity contribution in [2.75, 3.05) is 5.32 Å². The fourth-order valence-electron chi connectivity index (χ4n) is 1.44. The van der Waals surface area contributed by atoms with Gasteiger partial charge < -0.3 is 5.32 Å². The van der Waals surface area contributed by atoms with Crippen LogP contribution < -0.4 is 5.32 Å². The van der Waals surface area contributed by atoms with Crippen LogP contribution in [0.4, 0.5) is 14.5 Å². The predicted octanol–water partition coefficient (Wildman–Crippen LogP) is 4.39. The summed E-state index contributed by atoms with van der Waals surface area (Å²) in [5.74, 6) is -1.29. The van der Waals surface area contributed by atoms with Gasteiger partial charge in [0.1, 0.15) is 11.6 Å². The first kappa shape index (κ1) is 13.2. The number of pyridine rings is 1. The van der Waals surface area contributed by atoms with Crippen LogP contribution in [0.5, 0.6) is 0 Å². The molecule has 6 heteroatoms. The number of benzene rings is 1. The molecule has 0 atom stereocenters. The lowest BCUT2D eigenvalue weighted by Gasteiger charge is -2.10. The number of anilines is 1. The van der Waals surface area contributed by atoms with Crippen molar-refractivity contribution < 1.29 is 8.78 Å². The standard InChI is InChI=1S/C12H8BrClF2N2/c13-9-3-8(15)4-11(16)12(9)18-5-7-1-2-17-6-10(7)14/h1-4,6,18H,5H2. The molecule has 0 unspecified atom stereocenters. The van der Waals surface area contributed by atoms with Gasteiger partial charge in [0.2, 0.25) is 0 Å². The molecule has 18 heavy (non-hydrogen) atoms. The molecular weight excluding hydrogens is 325 g/mol. The van der Waals surface area contributed by atoms with Crippen molar-refractivity contribution >= 4 is 33.2 Å². The summed E-state index contributed by atoms with van der Waals surface area (Å²) in [4.78, 5) is 3.85. The highest BCUT2D eigenvalue weighted by atomic mass is 79.9. The fourth-order valence-corrected chi connectivity index (χ4v) is 2.18. The van der Waals surface area contributed by atoms with Gasteiger partial charge in [-0.25, -0.2) is 8.78 Å². The van der Waals surface area contributed by atoms with Crippen molar-refractivity contribution in [1.29, 1.82) is 0 Å². The molecule has 0 aliphatic heterocycles. The number of rotatable bonds is 3. The number of halogens is 4. The Bertz CT molecular complexity index is 555. The van der Waals surface area contributed by atoms with Gasteiger partial charge >= 0.3 is 0 Å². The summed E-state index contributed by atoms with van der Waals surface area (Å²) in [6, 6.07) is 3.74. The Morgan fingerprint density at radius 2 is 2.11 bits per heavy atom. The molecule has 0 radical (unpaired) electrons. The summed E-state index contributed by atoms with van der Waals surface area (Å²) in [6.45, 7) is 0.322. The molecule has 0 aliphatic rings. The zero-order valence-corrected chi connectivity index (χ0v) is 11.4. The first-order valence-corrected chi connectivity index (χ1v) is 6.22. The maximum atomic E-state index is 13.5. The van der Waals surface area contributed by atoms with Crippen molar-refractivity contribution in [3.05, 3.63) is 57.3 Å². The molecule has 2 rings (SSSR count). The third-order valence-corrected chi connectivity index (χ3v) is 3.28. The van der Waals surface area contributed by atoms with E-state index in [9.17, 15) is 8.78 Å². The Labute approximate surface area is 116 Å². The normalized spacial score (nSPS) is 10.4. The molecule has 0 fully saturated rings. The van der Waals surface area contributed by atoms with Crippen molar-refractivity contribution in [3.63, 3.8) is 0 Å². The van der Waals surface area contributed by atoms with E-state index in [1.165, 1.54) is 12.3 Å². The maximum Gasteiger partial charge on any atom is 0.150 e. The molecule has 0 spiro atoms. The molecule has 0 amide bonds. The molecule has 2 aromatic rings. The molecule has 94 valence electrons. The van der Waals surface area contributed by atoms with Crippen molar-refractivity contribution in [3.8, 4) is 0 Å². The Morgan fingerprint density at radius 3 is 2.78 bits per heavy atom. The second-order valence-electron chi connectivity index (χ2n) is 3.57. The van der Waals surface area contributed by atoms with Crippen LogP contribution in [0.3, 0.4) is 0 Å². The van der Waals surface area contributed by atoms with Crippen LogP contribution in [-0.4, -0.2) is 4.98 Å². The van der Waals surface area contributed by atoms with Gasteiger partial charge in [-0.1, -0.05) is 11.6 Å². The molecule has 1 N–H and O–H groups in total. The third-order valence-electron chi connectivity index (χ3n) is 2.32. The minimum atomic E-state index is -0.660. The highest BCUT2D eigenvalue weighted by molar-refractivity contribution is 9.10. The Hall–Kier alpha value is -1.20. The highest BCUT2D eigenvalue weighted by Crippen LogP contribution is 2.27. The van der Waals surface area contributed by atoms with Crippen molar-refractivity contribution in [2.45, 2.75) is 6.54 Å². The second-order valence-corrected chi connectivity index (χ2v) is 4.83. The van der Waals surface area contributed by atoms with Crippen LogP contribution >= 0.6 is 27.5 Å². The van der Waals surface area contributed by atoms with Crippen LogP contribution in [0.2, 0.25) is 5.02 Å². The van der Waals surface area contributed by atoms with Gasteiger partial charge in [0.25, 0.3) is 0 Å². The van der Waals surface area contributed by atoms with Gasteiger partial charge in [0.05, 0.1) is 10.7 Å². The summed E-state index contributed by atoms with van der Waals surface area (Å²) >= 11 is 9.03. The minimum absolute atomic E-state index is 0.198. The van der Waals surface area contributed by atoms with Gasteiger partial charge in [-0.3, -0.25) is 4.98 Å². The average molecular weight is 334 g/mol. The first-order chi connectivity index (χ1) is 8.58. The topological polar surface area (TPSA) is 24.9 Å². The summed E-state index contributed by atoms with van der Waals surface area (Å²) < 4.78 is 26.8. The molecule has 1 aromatic heterocycles. The summed E-state index contributed by atoms with van der Waals surface area (Å²) in [5.41, 5.74) is 0.978. The van der Waals surface area contributed by atoms with Crippen molar-refractivity contribution in [2.24, 2.45) is 0 Å². The Balaban J connectivity index is 2.19. The lowest BCUT2D eigenvalue weighted by Crippen LogP contribution is -2.03. The summed E-state index contributed by atoms with van der Waals surface area (Å²) in [6.07, 6.45) is 3.10. The van der Waals surface area contributed by atoms with Crippen LogP contribution in [0.1, 0.15) is 5.56 Å². The molecule has 0 saturated carbocycles. The van der Waals surface area contributed by atoms with Crippen LogP contribution in [-0.2, 0) is 6.54 Å². The van der Waals surface area contributed by atoms with E-state index in [0.29, 0.717) is 16.0 Å². The quantitative estimate of drug-likeness (QED) is 0.901. The second kappa shape index (κ2) is 5.63. The number of nitrogens with zero attached hydrogens (tertiary/aromatic N) is 1. The largest absolute Gasteiger partial charge is 0.378 e. The lowest BCUT2D eigenvalue weighted by atomic mass is 10.2. The maximum absolute atomic E-state index is 13.5. The molecule has 1 aromatic carbocycles. The first-order valence-electron chi connectivity index (χ1n) is 5.04. The van der Waals surface area contributed by atoms with Gasteiger partial charge in [-0.2, -0.15) is 0 Å². The van der Waals surface area contributed by atoms with Crippen LogP contribution in [0, 0.1) is 11.6 Å². The van der Waals surface area contributed by atoms with E-state index in [2.05, 4.69) is 26.2 Å². The smallest absolute Gasteiger partial charge is 0.150 e. The van der Waals surface area contributed by atoms with Crippen LogP contribution in [0.15, 0.2) is 35.1 Å². The Morgan fingerprint density at radius 1 is 1.33 bits per heavy atom. The van der Waals surface area contributed by atoms with Crippen molar-refractivity contribution in [1.82, 2.24) is 4.98 Å². The minimum Gasteiger partial charge on any atom is -0.378 e. The number of aromatic nitrogens is 1. The van der Waals surface area contributed by atoms with E-state index in [1.807, 2.05) is 0 Å². The number of nitrogens with one attached hydrogen (secondary N) is 1. The van der Waals surface area contributed by atoms with Gasteiger partial charge in [0.15, 0.2) is 0 Å². The molecule has 0 bridgehead atoms. The molecule has 2 nitrogen and oxygen atoms in total. The monoisotopic (exact) mass is 332 g/mol. The van der Waals surface area contributed by atoms with Gasteiger partial charge in [0, 0.05) is 29.5 Å². The SMILES string of the molecule is Fc1cc(F)c(NCc2ccncc2Cl)c(Br)c1. The average Bonchev–Trinajstić information content (AvgIpc) is 2.30. The molecule has 0 aliphatic carbocycles. The molecule has 1 heterocycles. The van der Waals surface area contributed by atoms with E-state index < -0.39 is 11.6 Å². The summed E-state index contributed by atoms with van der Waals surface area (Å²) in [7, 11) is 0. The zero-order chi connectivity index (χ0) is 13.1. The molecular formula is C12H8BrClF2N2. The lowest BCUT2D eigenvalue weighted by molar-refractivity contribution is 0.583. The van der Waals surface area contributed by atoms with Gasteiger partial charge in [-0.15, -0.1) is 0 Å². The third kappa shape index (κ3) is 2.97. The van der Waals surface area contributed by atoms with E-state index in [4.69, 9.17) is 11.6 Å². The zero-order valence-electron chi connectivity index (χ0n) is 9.05. The van der Waals surface area contributed by atoms with Gasteiger partial charge in [-0.05, 0) is 33.6 Å². The molecule has 0 saturated heterocycles. The van der Waals surface area contributed by atoms with E-state index in [-0.39, 0.29) is 5.69 Å². The Kier molecular flexibility index (Phi) is 4.14. The summed E-state index contributed by atoms with van der Waals surface area (Å²) in [5, 5.41) is 3.35. The van der Waals surface area contributed by atoms with E-state index in [1.54, 1.807) is 12.3 Å². The fraction of sp³-hybridized carbons (Fsp3) is 0.0833.